The van der Waals surface area contributed by atoms with Gasteiger partial charge in [-0.1, -0.05) is 0 Å². The zero-order chi connectivity index (χ0) is 11.5. The van der Waals surface area contributed by atoms with Gasteiger partial charge in [-0.3, -0.25) is 0 Å². The molecule has 0 spiro atoms. The zero-order valence-electron chi connectivity index (χ0n) is 8.93. The number of rotatable bonds is 1. The van der Waals surface area contributed by atoms with Gasteiger partial charge in [-0.2, -0.15) is 5.10 Å². The van der Waals surface area contributed by atoms with Crippen LogP contribution in [0.4, 0.5) is 10.6 Å². The summed E-state index contributed by atoms with van der Waals surface area (Å²) in [5.41, 5.74) is 4.27. The van der Waals surface area contributed by atoms with E-state index in [1.807, 2.05) is 0 Å². The smallest absolute Gasteiger partial charge is 0.409 e. The summed E-state index contributed by atoms with van der Waals surface area (Å²) >= 11 is 0. The number of anilines is 1. The summed E-state index contributed by atoms with van der Waals surface area (Å²) in [5, 5.41) is 7.92. The standard InChI is InChI=1S/C9H13N5O2/c1-16-9(15)14-3-2-7-6(5-14)4-8(11-10)13-12-7/h4H,2-3,5,10H2,1H3,(H,11,13). The molecule has 0 unspecified atom stereocenters. The van der Waals surface area contributed by atoms with Crippen LogP contribution in [0.5, 0.6) is 0 Å². The average molecular weight is 223 g/mol. The van der Waals surface area contributed by atoms with E-state index < -0.39 is 0 Å². The molecule has 2 rings (SSSR count). The van der Waals surface area contributed by atoms with Crippen molar-refractivity contribution in [3.05, 3.63) is 17.3 Å². The summed E-state index contributed by atoms with van der Waals surface area (Å²) in [6, 6.07) is 1.79. The first-order valence-corrected chi connectivity index (χ1v) is 4.89. The van der Waals surface area contributed by atoms with Crippen molar-refractivity contribution < 1.29 is 9.53 Å². The molecule has 16 heavy (non-hydrogen) atoms. The first-order chi connectivity index (χ1) is 7.74. The molecule has 7 nitrogen and oxygen atoms in total. The fourth-order valence-electron chi connectivity index (χ4n) is 1.68. The predicted octanol–water partition coefficient (Wildman–Crippen LogP) is -0.113. The van der Waals surface area contributed by atoms with Gasteiger partial charge >= 0.3 is 6.09 Å². The molecule has 0 radical (unpaired) electrons. The lowest BCUT2D eigenvalue weighted by molar-refractivity contribution is 0.118. The molecule has 1 aliphatic heterocycles. The number of amides is 1. The Morgan fingerprint density at radius 3 is 3.12 bits per heavy atom. The van der Waals surface area contributed by atoms with Crippen molar-refractivity contribution >= 4 is 11.9 Å². The van der Waals surface area contributed by atoms with Crippen LogP contribution >= 0.6 is 0 Å². The minimum atomic E-state index is -0.329. The van der Waals surface area contributed by atoms with Gasteiger partial charge in [0, 0.05) is 13.0 Å². The second-order valence-electron chi connectivity index (χ2n) is 3.49. The number of ether oxygens (including phenoxy) is 1. The number of carbonyl (C=O) groups excluding carboxylic acids is 1. The monoisotopic (exact) mass is 223 g/mol. The second kappa shape index (κ2) is 4.31. The van der Waals surface area contributed by atoms with Gasteiger partial charge in [-0.25, -0.2) is 10.6 Å². The number of fused-ring (bicyclic) bond motifs is 1. The van der Waals surface area contributed by atoms with E-state index in [1.165, 1.54) is 7.11 Å². The van der Waals surface area contributed by atoms with E-state index in [0.29, 0.717) is 25.3 Å². The molecule has 0 aliphatic carbocycles. The molecule has 0 atom stereocenters. The first kappa shape index (κ1) is 10.6. The Kier molecular flexibility index (Phi) is 2.86. The Morgan fingerprint density at radius 2 is 2.44 bits per heavy atom. The lowest BCUT2D eigenvalue weighted by Gasteiger charge is -2.26. The number of carbonyl (C=O) groups is 1. The van der Waals surface area contributed by atoms with E-state index in [9.17, 15) is 4.79 Å². The van der Waals surface area contributed by atoms with Crippen LogP contribution in [0.1, 0.15) is 11.3 Å². The van der Waals surface area contributed by atoms with Gasteiger partial charge in [0.15, 0.2) is 5.82 Å². The van der Waals surface area contributed by atoms with Crippen molar-refractivity contribution in [1.82, 2.24) is 15.1 Å². The number of methoxy groups -OCH3 is 1. The minimum absolute atomic E-state index is 0.329. The normalized spacial score (nSPS) is 14.2. The van der Waals surface area contributed by atoms with Crippen molar-refractivity contribution in [1.29, 1.82) is 0 Å². The Bertz CT molecular complexity index is 409. The molecule has 0 fully saturated rings. The topological polar surface area (TPSA) is 93.4 Å². The molecule has 1 amide bonds. The molecular formula is C9H13N5O2. The predicted molar refractivity (Wildman–Crippen MR) is 56.4 cm³/mol. The maximum absolute atomic E-state index is 11.4. The summed E-state index contributed by atoms with van der Waals surface area (Å²) in [5.74, 6) is 5.74. The molecular weight excluding hydrogens is 210 g/mol. The maximum Gasteiger partial charge on any atom is 0.409 e. The number of nitrogens with zero attached hydrogens (tertiary/aromatic N) is 3. The van der Waals surface area contributed by atoms with E-state index in [0.717, 1.165) is 11.3 Å². The summed E-state index contributed by atoms with van der Waals surface area (Å²) in [6.07, 6.45) is 0.354. The van der Waals surface area contributed by atoms with E-state index in [-0.39, 0.29) is 6.09 Å². The molecule has 86 valence electrons. The van der Waals surface area contributed by atoms with Crippen molar-refractivity contribution in [2.45, 2.75) is 13.0 Å². The highest BCUT2D eigenvalue weighted by Gasteiger charge is 2.22. The number of hydrazine groups is 1. The van der Waals surface area contributed by atoms with Crippen molar-refractivity contribution in [3.63, 3.8) is 0 Å². The molecule has 0 saturated heterocycles. The molecule has 2 heterocycles. The fourth-order valence-corrected chi connectivity index (χ4v) is 1.68. The van der Waals surface area contributed by atoms with Crippen LogP contribution < -0.4 is 11.3 Å². The number of hydrogen-bond acceptors (Lipinski definition) is 6. The van der Waals surface area contributed by atoms with Crippen LogP contribution in [0.25, 0.3) is 0 Å². The second-order valence-corrected chi connectivity index (χ2v) is 3.49. The maximum atomic E-state index is 11.4. The van der Waals surface area contributed by atoms with Crippen LogP contribution in [0.15, 0.2) is 6.07 Å². The summed E-state index contributed by atoms with van der Waals surface area (Å²) in [7, 11) is 1.37. The van der Waals surface area contributed by atoms with Gasteiger partial charge in [0.05, 0.1) is 19.3 Å². The molecule has 3 N–H and O–H groups in total. The van der Waals surface area contributed by atoms with E-state index in [1.54, 1.807) is 11.0 Å². The van der Waals surface area contributed by atoms with Gasteiger partial charge in [-0.15, -0.1) is 5.10 Å². The van der Waals surface area contributed by atoms with Crippen LogP contribution in [-0.4, -0.2) is 34.8 Å². The van der Waals surface area contributed by atoms with Crippen LogP contribution in [0.2, 0.25) is 0 Å². The highest BCUT2D eigenvalue weighted by Crippen LogP contribution is 2.18. The van der Waals surface area contributed by atoms with Crippen molar-refractivity contribution in [2.24, 2.45) is 5.84 Å². The molecule has 0 saturated carbocycles. The molecule has 1 aromatic heterocycles. The number of aromatic nitrogens is 2. The Morgan fingerprint density at radius 1 is 1.62 bits per heavy atom. The number of hydrogen-bond donors (Lipinski definition) is 2. The van der Waals surface area contributed by atoms with E-state index >= 15 is 0 Å². The van der Waals surface area contributed by atoms with Crippen LogP contribution in [-0.2, 0) is 17.7 Å². The number of nitrogen functional groups attached to an aromatic ring is 1. The van der Waals surface area contributed by atoms with Gasteiger partial charge in [0.2, 0.25) is 0 Å². The third-order valence-corrected chi connectivity index (χ3v) is 2.52. The highest BCUT2D eigenvalue weighted by atomic mass is 16.5. The van der Waals surface area contributed by atoms with Crippen LogP contribution in [0, 0.1) is 0 Å². The van der Waals surface area contributed by atoms with Crippen molar-refractivity contribution in [3.8, 4) is 0 Å². The molecule has 1 aromatic rings. The first-order valence-electron chi connectivity index (χ1n) is 4.89. The Balaban J connectivity index is 2.21. The lowest BCUT2D eigenvalue weighted by atomic mass is 10.1. The Labute approximate surface area is 92.6 Å². The summed E-state index contributed by atoms with van der Waals surface area (Å²) in [6.45, 7) is 1.08. The number of nitrogens with one attached hydrogen (secondary N) is 1. The fraction of sp³-hybridized carbons (Fsp3) is 0.444. The molecule has 1 aliphatic rings. The zero-order valence-corrected chi connectivity index (χ0v) is 8.93. The third-order valence-electron chi connectivity index (χ3n) is 2.52. The van der Waals surface area contributed by atoms with Gasteiger partial charge in [0.25, 0.3) is 0 Å². The largest absolute Gasteiger partial charge is 0.453 e. The minimum Gasteiger partial charge on any atom is -0.453 e. The molecule has 0 aromatic carbocycles. The van der Waals surface area contributed by atoms with E-state index in [4.69, 9.17) is 5.84 Å². The summed E-state index contributed by atoms with van der Waals surface area (Å²) < 4.78 is 4.67. The van der Waals surface area contributed by atoms with Crippen molar-refractivity contribution in [2.75, 3.05) is 19.1 Å². The molecule has 7 heteroatoms. The van der Waals surface area contributed by atoms with Gasteiger partial charge < -0.3 is 15.1 Å². The third kappa shape index (κ3) is 1.89. The number of nitrogens with two attached hydrogens (primary N) is 1. The quantitative estimate of drug-likeness (QED) is 0.509. The average Bonchev–Trinajstić information content (AvgIpc) is 2.36. The highest BCUT2D eigenvalue weighted by molar-refractivity contribution is 5.68. The van der Waals surface area contributed by atoms with Crippen LogP contribution in [0.3, 0.4) is 0 Å². The molecule has 0 bridgehead atoms. The van der Waals surface area contributed by atoms with Gasteiger partial charge in [0.1, 0.15) is 0 Å². The summed E-state index contributed by atoms with van der Waals surface area (Å²) in [4.78, 5) is 13.0. The SMILES string of the molecule is COC(=O)N1CCc2nnc(NN)cc2C1. The van der Waals surface area contributed by atoms with E-state index in [2.05, 4.69) is 20.4 Å². The van der Waals surface area contributed by atoms with Gasteiger partial charge in [-0.05, 0) is 11.6 Å². The Hall–Kier alpha value is -1.89. The lowest BCUT2D eigenvalue weighted by Crippen LogP contribution is -2.36.